The first-order valence-electron chi connectivity index (χ1n) is 12.1. The van der Waals surface area contributed by atoms with Gasteiger partial charge in [-0.1, -0.05) is 35.9 Å². The molecular formula is C30H31NO6. The summed E-state index contributed by atoms with van der Waals surface area (Å²) in [6.07, 6.45) is 0.0392. The van der Waals surface area contributed by atoms with Gasteiger partial charge in [-0.2, -0.15) is 0 Å². The van der Waals surface area contributed by atoms with Gasteiger partial charge in [0.2, 0.25) is 0 Å². The van der Waals surface area contributed by atoms with E-state index < -0.39 is 17.7 Å². The summed E-state index contributed by atoms with van der Waals surface area (Å²) in [5.41, 5.74) is 2.74. The van der Waals surface area contributed by atoms with E-state index in [4.69, 9.17) is 14.2 Å². The molecule has 1 saturated heterocycles. The van der Waals surface area contributed by atoms with Gasteiger partial charge >= 0.3 is 0 Å². The first-order chi connectivity index (χ1) is 17.7. The second-order valence-corrected chi connectivity index (χ2v) is 9.21. The second-order valence-electron chi connectivity index (χ2n) is 9.21. The number of hydrogen-bond acceptors (Lipinski definition) is 6. The van der Waals surface area contributed by atoms with E-state index in [-0.39, 0.29) is 24.0 Å². The number of aryl methyl sites for hydroxylation is 1. The molecule has 1 N–H and O–H groups in total. The summed E-state index contributed by atoms with van der Waals surface area (Å²) in [5.74, 6) is 0.0606. The number of carbonyl (C=O) groups excluding carboxylic acids is 2. The lowest BCUT2D eigenvalue weighted by atomic mass is 9.94. The normalized spacial score (nSPS) is 16.8. The van der Waals surface area contributed by atoms with Crippen molar-refractivity contribution in [3.63, 3.8) is 0 Å². The number of carbonyl (C=O) groups is 2. The van der Waals surface area contributed by atoms with Gasteiger partial charge < -0.3 is 24.2 Å². The number of ketones is 1. The summed E-state index contributed by atoms with van der Waals surface area (Å²) in [7, 11) is 3.06. The minimum absolute atomic E-state index is 0.0128. The number of ether oxygens (including phenoxy) is 3. The molecule has 3 aromatic carbocycles. The van der Waals surface area contributed by atoms with Crippen LogP contribution in [-0.2, 0) is 16.1 Å². The second kappa shape index (κ2) is 10.8. The molecule has 1 atom stereocenters. The van der Waals surface area contributed by atoms with Crippen LogP contribution in [0.15, 0.2) is 72.3 Å². The molecule has 37 heavy (non-hydrogen) atoms. The van der Waals surface area contributed by atoms with Crippen LogP contribution in [0, 0.1) is 6.92 Å². The van der Waals surface area contributed by atoms with Crippen LogP contribution >= 0.6 is 0 Å². The van der Waals surface area contributed by atoms with Gasteiger partial charge in [-0.3, -0.25) is 9.59 Å². The summed E-state index contributed by atoms with van der Waals surface area (Å²) >= 11 is 0. The number of methoxy groups -OCH3 is 2. The molecule has 1 aliphatic heterocycles. The maximum atomic E-state index is 13.4. The molecule has 1 unspecified atom stereocenters. The Morgan fingerprint density at radius 3 is 2.16 bits per heavy atom. The van der Waals surface area contributed by atoms with Gasteiger partial charge in [-0.05, 0) is 68.3 Å². The van der Waals surface area contributed by atoms with Crippen molar-refractivity contribution < 1.29 is 28.9 Å². The summed E-state index contributed by atoms with van der Waals surface area (Å²) in [6.45, 7) is 5.95. The Kier molecular flexibility index (Phi) is 7.53. The van der Waals surface area contributed by atoms with Gasteiger partial charge in [0.25, 0.3) is 11.7 Å². The highest BCUT2D eigenvalue weighted by Crippen LogP contribution is 2.42. The van der Waals surface area contributed by atoms with E-state index >= 15 is 0 Å². The van der Waals surface area contributed by atoms with Gasteiger partial charge in [0.15, 0.2) is 0 Å². The number of amides is 1. The fourth-order valence-corrected chi connectivity index (χ4v) is 4.47. The van der Waals surface area contributed by atoms with Crippen molar-refractivity contribution in [2.45, 2.75) is 39.5 Å². The molecule has 1 aliphatic rings. The predicted octanol–water partition coefficient (Wildman–Crippen LogP) is 5.42. The average molecular weight is 502 g/mol. The van der Waals surface area contributed by atoms with E-state index in [9.17, 15) is 14.7 Å². The highest BCUT2D eigenvalue weighted by Gasteiger charge is 2.46. The van der Waals surface area contributed by atoms with Crippen LogP contribution in [0.1, 0.15) is 42.1 Å². The summed E-state index contributed by atoms with van der Waals surface area (Å²) in [6, 6.07) is 19.0. The number of aliphatic hydroxyl groups is 1. The quantitative estimate of drug-likeness (QED) is 0.252. The number of Topliss-reactive ketones (excluding diaryl/α,β-unsaturated/α-hetero) is 1. The van der Waals surface area contributed by atoms with Crippen molar-refractivity contribution in [1.82, 2.24) is 4.90 Å². The van der Waals surface area contributed by atoms with Crippen LogP contribution in [0.2, 0.25) is 0 Å². The van der Waals surface area contributed by atoms with Crippen molar-refractivity contribution in [3.8, 4) is 17.2 Å². The van der Waals surface area contributed by atoms with E-state index in [0.717, 1.165) is 16.9 Å². The first-order valence-corrected chi connectivity index (χ1v) is 12.1. The maximum absolute atomic E-state index is 13.4. The Labute approximate surface area is 216 Å². The van der Waals surface area contributed by atoms with Crippen LogP contribution in [0.4, 0.5) is 0 Å². The van der Waals surface area contributed by atoms with E-state index in [2.05, 4.69) is 0 Å². The Hall–Kier alpha value is -4.26. The standard InChI is InChI=1S/C30H31NO6/c1-18(2)37-23-11-7-20(8-12-23)17-31-27(21-9-13-22(35-4)14-10-21)26(29(33)30(31)34)28(32)24-16-19(3)6-15-25(24)36-5/h6-16,18,27,32H,17H2,1-5H3/b28-26+. The van der Waals surface area contributed by atoms with Crippen LogP contribution < -0.4 is 14.2 Å². The molecule has 192 valence electrons. The van der Waals surface area contributed by atoms with E-state index in [0.29, 0.717) is 22.6 Å². The SMILES string of the molecule is COc1ccc(C2/C(=C(\O)c3cc(C)ccc3OC)C(=O)C(=O)N2Cc2ccc(OC(C)C)cc2)cc1. The number of hydrogen-bond donors (Lipinski definition) is 1. The van der Waals surface area contributed by atoms with Crippen molar-refractivity contribution in [3.05, 3.63) is 94.6 Å². The topological polar surface area (TPSA) is 85.3 Å². The Bertz CT molecular complexity index is 1330. The molecule has 0 aliphatic carbocycles. The smallest absolute Gasteiger partial charge is 0.295 e. The van der Waals surface area contributed by atoms with Gasteiger partial charge in [-0.15, -0.1) is 0 Å². The third-order valence-electron chi connectivity index (χ3n) is 6.23. The molecular weight excluding hydrogens is 470 g/mol. The van der Waals surface area contributed by atoms with Crippen LogP contribution in [0.25, 0.3) is 5.76 Å². The zero-order valence-corrected chi connectivity index (χ0v) is 21.6. The third-order valence-corrected chi connectivity index (χ3v) is 6.23. The van der Waals surface area contributed by atoms with E-state index in [1.807, 2.05) is 51.1 Å². The Morgan fingerprint density at radius 1 is 0.919 bits per heavy atom. The monoisotopic (exact) mass is 501 g/mol. The van der Waals surface area contributed by atoms with Gasteiger partial charge in [0, 0.05) is 6.54 Å². The molecule has 0 spiro atoms. The summed E-state index contributed by atoms with van der Waals surface area (Å²) in [5, 5.41) is 11.4. The lowest BCUT2D eigenvalue weighted by Crippen LogP contribution is -2.29. The van der Waals surface area contributed by atoms with Crippen molar-refractivity contribution >= 4 is 17.4 Å². The highest BCUT2D eigenvalue weighted by atomic mass is 16.5. The van der Waals surface area contributed by atoms with Gasteiger partial charge in [0.1, 0.15) is 23.0 Å². The molecule has 0 bridgehead atoms. The first kappa shape index (κ1) is 25.8. The Morgan fingerprint density at radius 2 is 1.57 bits per heavy atom. The molecule has 3 aromatic rings. The third kappa shape index (κ3) is 5.31. The van der Waals surface area contributed by atoms with Gasteiger partial charge in [0.05, 0.1) is 37.5 Å². The number of aliphatic hydroxyl groups excluding tert-OH is 1. The highest BCUT2D eigenvalue weighted by molar-refractivity contribution is 6.46. The Balaban J connectivity index is 1.82. The van der Waals surface area contributed by atoms with Crippen LogP contribution in [-0.4, -0.2) is 42.0 Å². The van der Waals surface area contributed by atoms with Crippen molar-refractivity contribution in [2.75, 3.05) is 14.2 Å². The lowest BCUT2D eigenvalue weighted by Gasteiger charge is -2.26. The summed E-state index contributed by atoms with van der Waals surface area (Å²) in [4.78, 5) is 28.2. The number of likely N-dealkylation sites (tertiary alicyclic amines) is 1. The van der Waals surface area contributed by atoms with Crippen LogP contribution in [0.5, 0.6) is 17.2 Å². The molecule has 0 aromatic heterocycles. The molecule has 1 fully saturated rings. The van der Waals surface area contributed by atoms with Crippen molar-refractivity contribution in [1.29, 1.82) is 0 Å². The van der Waals surface area contributed by atoms with E-state index in [1.54, 1.807) is 43.5 Å². The molecule has 0 saturated carbocycles. The average Bonchev–Trinajstić information content (AvgIpc) is 3.14. The van der Waals surface area contributed by atoms with Gasteiger partial charge in [-0.25, -0.2) is 0 Å². The summed E-state index contributed by atoms with van der Waals surface area (Å²) < 4.78 is 16.4. The van der Waals surface area contributed by atoms with Crippen LogP contribution in [0.3, 0.4) is 0 Å². The molecule has 7 heteroatoms. The van der Waals surface area contributed by atoms with Crippen molar-refractivity contribution in [2.24, 2.45) is 0 Å². The minimum Gasteiger partial charge on any atom is -0.507 e. The molecule has 4 rings (SSSR count). The maximum Gasteiger partial charge on any atom is 0.295 e. The fraction of sp³-hybridized carbons (Fsp3) is 0.267. The zero-order chi connectivity index (χ0) is 26.7. The largest absolute Gasteiger partial charge is 0.507 e. The fourth-order valence-electron chi connectivity index (χ4n) is 4.47. The molecule has 1 amide bonds. The number of nitrogens with zero attached hydrogens (tertiary/aromatic N) is 1. The molecule has 1 heterocycles. The minimum atomic E-state index is -0.803. The lowest BCUT2D eigenvalue weighted by molar-refractivity contribution is -0.140. The van der Waals surface area contributed by atoms with E-state index in [1.165, 1.54) is 12.0 Å². The number of rotatable bonds is 8. The molecule has 7 nitrogen and oxygen atoms in total. The molecule has 0 radical (unpaired) electrons. The zero-order valence-electron chi connectivity index (χ0n) is 21.6. The number of benzene rings is 3. The predicted molar refractivity (Wildman–Crippen MR) is 141 cm³/mol.